The van der Waals surface area contributed by atoms with E-state index in [9.17, 15) is 9.59 Å². The number of rotatable bonds is 7. The molecule has 3 rings (SSSR count). The Bertz CT molecular complexity index is 924. The number of carboxylic acid groups (broad SMARTS) is 1. The van der Waals surface area contributed by atoms with Crippen molar-refractivity contribution in [3.8, 4) is 11.5 Å². The zero-order chi connectivity index (χ0) is 20.8. The average molecular weight is 397 g/mol. The minimum absolute atomic E-state index is 0.0555. The Kier molecular flexibility index (Phi) is 6.33. The number of anilines is 1. The zero-order valence-corrected chi connectivity index (χ0v) is 16.3. The lowest BCUT2D eigenvalue weighted by Crippen LogP contribution is -2.31. The fourth-order valence-corrected chi connectivity index (χ4v) is 3.05. The molecule has 0 saturated heterocycles. The minimum atomic E-state index is -1.12. The van der Waals surface area contributed by atoms with Crippen LogP contribution in [0.1, 0.15) is 30.9 Å². The Morgan fingerprint density at radius 1 is 1.17 bits per heavy atom. The average Bonchev–Trinajstić information content (AvgIpc) is 2.71. The van der Waals surface area contributed by atoms with Gasteiger partial charge >= 0.3 is 6.09 Å². The molecule has 152 valence electrons. The number of benzene rings is 2. The van der Waals surface area contributed by atoms with Crippen LogP contribution in [0.5, 0.6) is 11.5 Å². The van der Waals surface area contributed by atoms with E-state index in [1.54, 1.807) is 31.4 Å². The quantitative estimate of drug-likeness (QED) is 0.742. The van der Waals surface area contributed by atoms with E-state index >= 15 is 0 Å². The summed E-state index contributed by atoms with van der Waals surface area (Å²) in [6.07, 6.45) is -0.202. The van der Waals surface area contributed by atoms with E-state index in [0.717, 1.165) is 16.8 Å². The Balaban J connectivity index is 1.80. The van der Waals surface area contributed by atoms with Crippen LogP contribution in [0.3, 0.4) is 0 Å². The minimum Gasteiger partial charge on any atom is -0.493 e. The van der Waals surface area contributed by atoms with Gasteiger partial charge in [0, 0.05) is 24.1 Å². The van der Waals surface area contributed by atoms with E-state index in [-0.39, 0.29) is 5.91 Å². The molecule has 0 saturated carbocycles. The Morgan fingerprint density at radius 2 is 1.93 bits per heavy atom. The summed E-state index contributed by atoms with van der Waals surface area (Å²) in [4.78, 5) is 23.0. The molecule has 2 amide bonds. The fourth-order valence-electron chi connectivity index (χ4n) is 3.05. The zero-order valence-electron chi connectivity index (χ0n) is 16.3. The number of hydrogen-bond donors (Lipinski definition) is 2. The number of nitrogens with zero attached hydrogens (tertiary/aromatic N) is 2. The van der Waals surface area contributed by atoms with Crippen LogP contribution < -0.4 is 14.8 Å². The van der Waals surface area contributed by atoms with Crippen molar-refractivity contribution < 1.29 is 24.2 Å². The van der Waals surface area contributed by atoms with Gasteiger partial charge < -0.3 is 14.6 Å². The first-order valence-electron chi connectivity index (χ1n) is 9.28. The van der Waals surface area contributed by atoms with Crippen LogP contribution in [0.15, 0.2) is 47.6 Å². The second-order valence-corrected chi connectivity index (χ2v) is 6.42. The first kappa shape index (κ1) is 20.2. The normalized spacial score (nSPS) is 13.7. The summed E-state index contributed by atoms with van der Waals surface area (Å²) in [7, 11) is 1.59. The molecule has 1 aliphatic heterocycles. The van der Waals surface area contributed by atoms with Gasteiger partial charge in [-0.15, -0.1) is 0 Å². The summed E-state index contributed by atoms with van der Waals surface area (Å²) in [5.41, 5.74) is 3.01. The van der Waals surface area contributed by atoms with E-state index in [1.807, 2.05) is 25.1 Å². The second-order valence-electron chi connectivity index (χ2n) is 6.42. The third-order valence-electron chi connectivity index (χ3n) is 4.44. The second kappa shape index (κ2) is 9.09. The largest absolute Gasteiger partial charge is 0.493 e. The molecular formula is C21H23N3O5. The molecule has 0 bridgehead atoms. The van der Waals surface area contributed by atoms with Crippen molar-refractivity contribution in [1.82, 2.24) is 5.01 Å². The van der Waals surface area contributed by atoms with E-state index in [0.29, 0.717) is 43.2 Å². The maximum atomic E-state index is 12.3. The van der Waals surface area contributed by atoms with Gasteiger partial charge in [-0.3, -0.25) is 10.1 Å². The predicted octanol–water partition coefficient (Wildman–Crippen LogP) is 3.71. The Morgan fingerprint density at radius 3 is 2.59 bits per heavy atom. The van der Waals surface area contributed by atoms with Crippen LogP contribution in [-0.2, 0) is 11.3 Å². The lowest BCUT2D eigenvalue weighted by molar-refractivity contribution is -0.132. The number of nitrogens with one attached hydrogen (secondary N) is 1. The van der Waals surface area contributed by atoms with Gasteiger partial charge in [-0.2, -0.15) is 5.10 Å². The molecule has 0 unspecified atom stereocenters. The van der Waals surface area contributed by atoms with Crippen LogP contribution in [0, 0.1) is 0 Å². The molecule has 0 fully saturated rings. The number of hydrazone groups is 1. The standard InChI is InChI=1S/C21H23N3O5/c1-3-29-19-12-15(6-10-18(19)28-2)17-9-11-20(25)24(23-17)13-14-4-7-16(8-5-14)22-21(26)27/h4-8,10,12,22H,3,9,11,13H2,1-2H3,(H,26,27). The van der Waals surface area contributed by atoms with Gasteiger partial charge in [-0.05, 0) is 42.8 Å². The highest BCUT2D eigenvalue weighted by molar-refractivity contribution is 6.04. The molecule has 0 spiro atoms. The van der Waals surface area contributed by atoms with Crippen LogP contribution in [0.2, 0.25) is 0 Å². The molecule has 8 nitrogen and oxygen atoms in total. The molecule has 0 atom stereocenters. The number of hydrogen-bond acceptors (Lipinski definition) is 5. The van der Waals surface area contributed by atoms with Gasteiger partial charge in [0.2, 0.25) is 5.91 Å². The van der Waals surface area contributed by atoms with Crippen LogP contribution in [-0.4, -0.2) is 41.5 Å². The predicted molar refractivity (Wildman–Crippen MR) is 109 cm³/mol. The van der Waals surface area contributed by atoms with Crippen molar-refractivity contribution in [2.45, 2.75) is 26.3 Å². The SMILES string of the molecule is CCOc1cc(C2=NN(Cc3ccc(NC(=O)O)cc3)C(=O)CC2)ccc1OC. The van der Waals surface area contributed by atoms with E-state index in [1.165, 1.54) is 5.01 Å². The van der Waals surface area contributed by atoms with E-state index in [2.05, 4.69) is 10.4 Å². The molecule has 2 aromatic rings. The first-order chi connectivity index (χ1) is 14.0. The van der Waals surface area contributed by atoms with Crippen molar-refractivity contribution in [3.63, 3.8) is 0 Å². The lowest BCUT2D eigenvalue weighted by Gasteiger charge is -2.24. The molecule has 0 radical (unpaired) electrons. The first-order valence-corrected chi connectivity index (χ1v) is 9.28. The third kappa shape index (κ3) is 5.04. The molecule has 0 aromatic heterocycles. The molecular weight excluding hydrogens is 374 g/mol. The molecule has 0 aliphatic carbocycles. The highest BCUT2D eigenvalue weighted by Gasteiger charge is 2.22. The van der Waals surface area contributed by atoms with Crippen molar-refractivity contribution in [2.24, 2.45) is 5.10 Å². The maximum Gasteiger partial charge on any atom is 0.409 e. The molecule has 2 aromatic carbocycles. The number of carbonyl (C=O) groups is 2. The summed E-state index contributed by atoms with van der Waals surface area (Å²) in [5.74, 6) is 1.23. The van der Waals surface area contributed by atoms with Crippen molar-refractivity contribution in [1.29, 1.82) is 0 Å². The summed E-state index contributed by atoms with van der Waals surface area (Å²) in [6.45, 7) is 2.73. The van der Waals surface area contributed by atoms with E-state index < -0.39 is 6.09 Å². The summed E-state index contributed by atoms with van der Waals surface area (Å²) >= 11 is 0. The maximum absolute atomic E-state index is 12.3. The van der Waals surface area contributed by atoms with Gasteiger partial charge in [0.25, 0.3) is 0 Å². The van der Waals surface area contributed by atoms with Gasteiger partial charge in [0.1, 0.15) is 0 Å². The van der Waals surface area contributed by atoms with Crippen molar-refractivity contribution >= 4 is 23.4 Å². The monoisotopic (exact) mass is 397 g/mol. The van der Waals surface area contributed by atoms with Crippen molar-refractivity contribution in [2.75, 3.05) is 19.0 Å². The van der Waals surface area contributed by atoms with Crippen LogP contribution in [0.25, 0.3) is 0 Å². The molecule has 1 aliphatic rings. The molecule has 1 heterocycles. The van der Waals surface area contributed by atoms with Crippen LogP contribution >= 0.6 is 0 Å². The van der Waals surface area contributed by atoms with Crippen LogP contribution in [0.4, 0.5) is 10.5 Å². The third-order valence-corrected chi connectivity index (χ3v) is 4.44. The molecule has 2 N–H and O–H groups in total. The Hall–Kier alpha value is -3.55. The fraction of sp³-hybridized carbons (Fsp3) is 0.286. The van der Waals surface area contributed by atoms with Gasteiger partial charge in [0.15, 0.2) is 11.5 Å². The van der Waals surface area contributed by atoms with E-state index in [4.69, 9.17) is 14.6 Å². The topological polar surface area (TPSA) is 100 Å². The smallest absolute Gasteiger partial charge is 0.409 e. The molecule has 29 heavy (non-hydrogen) atoms. The highest BCUT2D eigenvalue weighted by atomic mass is 16.5. The number of amides is 2. The highest BCUT2D eigenvalue weighted by Crippen LogP contribution is 2.29. The van der Waals surface area contributed by atoms with Gasteiger partial charge in [0.05, 0.1) is 26.0 Å². The van der Waals surface area contributed by atoms with Gasteiger partial charge in [-0.25, -0.2) is 9.80 Å². The summed E-state index contributed by atoms with van der Waals surface area (Å²) in [5, 5.41) is 17.0. The molecule has 8 heteroatoms. The number of ether oxygens (including phenoxy) is 2. The number of methoxy groups -OCH3 is 1. The number of carbonyl (C=O) groups excluding carboxylic acids is 1. The summed E-state index contributed by atoms with van der Waals surface area (Å²) < 4.78 is 11.0. The lowest BCUT2D eigenvalue weighted by atomic mass is 10.0. The van der Waals surface area contributed by atoms with Crippen molar-refractivity contribution in [3.05, 3.63) is 53.6 Å². The summed E-state index contributed by atoms with van der Waals surface area (Å²) in [6, 6.07) is 12.5. The Labute approximate surface area is 168 Å². The van der Waals surface area contributed by atoms with Gasteiger partial charge in [-0.1, -0.05) is 12.1 Å².